The summed E-state index contributed by atoms with van der Waals surface area (Å²) in [4.78, 5) is 26.8. The molecule has 0 radical (unpaired) electrons. The van der Waals surface area contributed by atoms with E-state index in [1.807, 2.05) is 24.3 Å². The first-order chi connectivity index (χ1) is 15.3. The Balaban J connectivity index is 1.51. The summed E-state index contributed by atoms with van der Waals surface area (Å²) >= 11 is 0. The standard InChI is InChI=1S/C27H33NO4/c1-18(2)15-19-9-8-14-27(16-19,25(29)30)28(3)26(31)32-17-24-22-12-6-4-10-20(22)21-11-5-7-13-23(21)24/h4-7,10-13,18-19,24H,8-9,14-17H2,1-3H3,(H,29,30). The van der Waals surface area contributed by atoms with Crippen LogP contribution in [0.5, 0.6) is 0 Å². The van der Waals surface area contributed by atoms with E-state index < -0.39 is 17.6 Å². The fourth-order valence-corrected chi connectivity index (χ4v) is 5.74. The molecule has 2 atom stereocenters. The lowest BCUT2D eigenvalue weighted by Crippen LogP contribution is -2.57. The van der Waals surface area contributed by atoms with Gasteiger partial charge in [0.05, 0.1) is 0 Å². The molecule has 1 amide bonds. The molecule has 2 aliphatic carbocycles. The molecule has 5 nitrogen and oxygen atoms in total. The maximum atomic E-state index is 13.1. The molecule has 0 heterocycles. The maximum absolute atomic E-state index is 13.1. The summed E-state index contributed by atoms with van der Waals surface area (Å²) in [6.45, 7) is 4.51. The van der Waals surface area contributed by atoms with E-state index in [0.717, 1.165) is 30.4 Å². The smallest absolute Gasteiger partial charge is 0.410 e. The van der Waals surface area contributed by atoms with E-state index in [0.29, 0.717) is 24.7 Å². The molecule has 1 N–H and O–H groups in total. The van der Waals surface area contributed by atoms with Gasteiger partial charge in [-0.2, -0.15) is 0 Å². The number of likely N-dealkylation sites (N-methyl/N-ethyl adjacent to an activating group) is 1. The largest absolute Gasteiger partial charge is 0.479 e. The highest BCUT2D eigenvalue weighted by Gasteiger charge is 2.49. The minimum atomic E-state index is -1.19. The van der Waals surface area contributed by atoms with Crippen LogP contribution in [0, 0.1) is 11.8 Å². The summed E-state index contributed by atoms with van der Waals surface area (Å²) in [5.41, 5.74) is 3.44. The SMILES string of the molecule is CC(C)CC1CCCC(C(=O)O)(N(C)C(=O)OCC2c3ccccc3-c3ccccc32)C1. The van der Waals surface area contributed by atoms with Crippen molar-refractivity contribution >= 4 is 12.1 Å². The molecule has 32 heavy (non-hydrogen) atoms. The molecular formula is C27H33NO4. The summed E-state index contributed by atoms with van der Waals surface area (Å²) in [5.74, 6) is -0.157. The highest BCUT2D eigenvalue weighted by atomic mass is 16.6. The molecule has 2 aromatic carbocycles. The van der Waals surface area contributed by atoms with Crippen molar-refractivity contribution in [1.82, 2.24) is 4.90 Å². The summed E-state index contributed by atoms with van der Waals surface area (Å²) in [5, 5.41) is 10.2. The highest BCUT2D eigenvalue weighted by molar-refractivity contribution is 5.84. The van der Waals surface area contributed by atoms with Crippen molar-refractivity contribution < 1.29 is 19.4 Å². The van der Waals surface area contributed by atoms with Crippen LogP contribution in [-0.4, -0.2) is 41.3 Å². The Bertz CT molecular complexity index is 955. The topological polar surface area (TPSA) is 66.8 Å². The van der Waals surface area contributed by atoms with E-state index >= 15 is 0 Å². The van der Waals surface area contributed by atoms with Crippen LogP contribution in [0.4, 0.5) is 4.79 Å². The number of carboxylic acid groups (broad SMARTS) is 1. The van der Waals surface area contributed by atoms with E-state index in [9.17, 15) is 14.7 Å². The van der Waals surface area contributed by atoms with Gasteiger partial charge in [-0.1, -0.05) is 75.2 Å². The number of fused-ring (bicyclic) bond motifs is 3. The number of ether oxygens (including phenoxy) is 1. The predicted molar refractivity (Wildman–Crippen MR) is 125 cm³/mol. The van der Waals surface area contributed by atoms with Gasteiger partial charge in [0.25, 0.3) is 0 Å². The van der Waals surface area contributed by atoms with Crippen molar-refractivity contribution in [2.24, 2.45) is 11.8 Å². The van der Waals surface area contributed by atoms with E-state index in [1.165, 1.54) is 16.0 Å². The number of benzene rings is 2. The van der Waals surface area contributed by atoms with Gasteiger partial charge in [-0.05, 0) is 53.4 Å². The molecule has 0 bridgehead atoms. The van der Waals surface area contributed by atoms with Crippen molar-refractivity contribution in [3.63, 3.8) is 0 Å². The third kappa shape index (κ3) is 4.01. The summed E-state index contributed by atoms with van der Waals surface area (Å²) in [7, 11) is 1.59. The third-order valence-corrected chi connectivity index (χ3v) is 7.28. The molecule has 170 valence electrons. The number of hydrogen-bond acceptors (Lipinski definition) is 3. The number of rotatable bonds is 6. The van der Waals surface area contributed by atoms with Crippen molar-refractivity contribution in [3.05, 3.63) is 59.7 Å². The number of aliphatic carboxylic acids is 1. The highest BCUT2D eigenvalue weighted by Crippen LogP contribution is 2.45. The van der Waals surface area contributed by atoms with Gasteiger partial charge in [0.15, 0.2) is 0 Å². The molecule has 4 rings (SSSR count). The van der Waals surface area contributed by atoms with Gasteiger partial charge in [0, 0.05) is 13.0 Å². The van der Waals surface area contributed by atoms with E-state index in [4.69, 9.17) is 4.74 Å². The van der Waals surface area contributed by atoms with Crippen LogP contribution in [0.15, 0.2) is 48.5 Å². The molecule has 2 aliphatic rings. The molecule has 0 saturated heterocycles. The number of carboxylic acids is 1. The zero-order chi connectivity index (χ0) is 22.9. The van der Waals surface area contributed by atoms with Gasteiger partial charge >= 0.3 is 12.1 Å². The minimum Gasteiger partial charge on any atom is -0.479 e. The molecule has 1 saturated carbocycles. The van der Waals surface area contributed by atoms with Crippen LogP contribution in [0.3, 0.4) is 0 Å². The van der Waals surface area contributed by atoms with Gasteiger partial charge in [-0.3, -0.25) is 4.90 Å². The maximum Gasteiger partial charge on any atom is 0.410 e. The van der Waals surface area contributed by atoms with Crippen LogP contribution >= 0.6 is 0 Å². The normalized spacial score (nSPS) is 22.3. The van der Waals surface area contributed by atoms with Crippen molar-refractivity contribution in [1.29, 1.82) is 0 Å². The van der Waals surface area contributed by atoms with E-state index in [2.05, 4.69) is 38.1 Å². The molecule has 0 aromatic heterocycles. The van der Waals surface area contributed by atoms with Crippen LogP contribution in [-0.2, 0) is 9.53 Å². The molecule has 2 aromatic rings. The Hall–Kier alpha value is -2.82. The fraction of sp³-hybridized carbons (Fsp3) is 0.481. The van der Waals surface area contributed by atoms with Gasteiger partial charge in [-0.15, -0.1) is 0 Å². The fourth-order valence-electron chi connectivity index (χ4n) is 5.74. The second kappa shape index (κ2) is 8.97. The van der Waals surface area contributed by atoms with Gasteiger partial charge in [-0.25, -0.2) is 9.59 Å². The lowest BCUT2D eigenvalue weighted by molar-refractivity contribution is -0.153. The number of carbonyl (C=O) groups is 2. The average molecular weight is 436 g/mol. The zero-order valence-electron chi connectivity index (χ0n) is 19.2. The Morgan fingerprint density at radius 2 is 1.69 bits per heavy atom. The van der Waals surface area contributed by atoms with Gasteiger partial charge < -0.3 is 9.84 Å². The monoisotopic (exact) mass is 435 g/mol. The Morgan fingerprint density at radius 1 is 1.09 bits per heavy atom. The zero-order valence-corrected chi connectivity index (χ0v) is 19.2. The van der Waals surface area contributed by atoms with Crippen LogP contribution in [0.2, 0.25) is 0 Å². The van der Waals surface area contributed by atoms with E-state index in [1.54, 1.807) is 7.05 Å². The second-order valence-corrected chi connectivity index (χ2v) is 9.79. The first-order valence-corrected chi connectivity index (χ1v) is 11.7. The molecule has 0 aliphatic heterocycles. The third-order valence-electron chi connectivity index (χ3n) is 7.28. The molecular weight excluding hydrogens is 402 g/mol. The number of nitrogens with zero attached hydrogens (tertiary/aromatic N) is 1. The number of carbonyl (C=O) groups excluding carboxylic acids is 1. The summed E-state index contributed by atoms with van der Waals surface area (Å²) in [6.07, 6.45) is 3.21. The number of amides is 1. The van der Waals surface area contributed by atoms with Crippen molar-refractivity contribution in [2.45, 2.75) is 57.4 Å². The molecule has 1 fully saturated rings. The van der Waals surface area contributed by atoms with Crippen molar-refractivity contribution in [3.8, 4) is 11.1 Å². The first kappa shape index (κ1) is 22.4. The average Bonchev–Trinajstić information content (AvgIpc) is 3.10. The Morgan fingerprint density at radius 3 is 2.25 bits per heavy atom. The minimum absolute atomic E-state index is 0.0411. The second-order valence-electron chi connectivity index (χ2n) is 9.79. The summed E-state index contributed by atoms with van der Waals surface area (Å²) in [6, 6.07) is 16.4. The predicted octanol–water partition coefficient (Wildman–Crippen LogP) is 5.93. The van der Waals surface area contributed by atoms with Crippen LogP contribution in [0.25, 0.3) is 11.1 Å². The van der Waals surface area contributed by atoms with Gasteiger partial charge in [0.1, 0.15) is 12.1 Å². The van der Waals surface area contributed by atoms with Crippen LogP contribution in [0.1, 0.15) is 63.0 Å². The molecule has 0 spiro atoms. The Labute approximate surface area is 190 Å². The van der Waals surface area contributed by atoms with Crippen LogP contribution < -0.4 is 0 Å². The van der Waals surface area contributed by atoms with E-state index in [-0.39, 0.29) is 12.5 Å². The lowest BCUT2D eigenvalue weighted by Gasteiger charge is -2.43. The quantitative estimate of drug-likeness (QED) is 0.611. The first-order valence-electron chi connectivity index (χ1n) is 11.7. The molecule has 5 heteroatoms. The Kier molecular flexibility index (Phi) is 6.27. The molecule has 2 unspecified atom stereocenters. The lowest BCUT2D eigenvalue weighted by atomic mass is 9.72. The van der Waals surface area contributed by atoms with Gasteiger partial charge in [0.2, 0.25) is 0 Å². The number of hydrogen-bond donors (Lipinski definition) is 1. The summed E-state index contributed by atoms with van der Waals surface area (Å²) < 4.78 is 5.77. The van der Waals surface area contributed by atoms with Crippen molar-refractivity contribution in [2.75, 3.05) is 13.7 Å².